The molecule has 164 valence electrons. The molecule has 1 unspecified atom stereocenters. The molecule has 5 rings (SSSR count). The molecule has 0 aliphatic carbocycles. The zero-order valence-electron chi connectivity index (χ0n) is 17.9. The van der Waals surface area contributed by atoms with Crippen LogP contribution in [0.5, 0.6) is 0 Å². The van der Waals surface area contributed by atoms with Crippen molar-refractivity contribution in [3.05, 3.63) is 83.4 Å². The summed E-state index contributed by atoms with van der Waals surface area (Å²) in [5.41, 5.74) is 11.0. The van der Waals surface area contributed by atoms with Crippen molar-refractivity contribution in [3.63, 3.8) is 0 Å². The standard InChI is InChI=1S/C25H28N6O/c26-23-15-21(24-25(28-23)30-31-29-24)20(17-7-3-1-4-8-17)13-14-27-19-11-12-22(32-16-19)18-9-5-2-6-10-18/h1-10,15,19-20,22,27H,11-14,16H2,(H3,26,28,29,30,31)/t19-,20?,22-/m0/s1. The van der Waals surface area contributed by atoms with Crippen molar-refractivity contribution < 1.29 is 4.74 Å². The third-order valence-electron chi connectivity index (χ3n) is 6.24. The molecule has 1 fully saturated rings. The van der Waals surface area contributed by atoms with E-state index in [2.05, 4.69) is 74.2 Å². The first kappa shape index (κ1) is 20.6. The Hall–Kier alpha value is -3.29. The van der Waals surface area contributed by atoms with Gasteiger partial charge in [0.1, 0.15) is 11.3 Å². The molecule has 7 heteroatoms. The van der Waals surface area contributed by atoms with Crippen molar-refractivity contribution in [2.75, 3.05) is 18.9 Å². The minimum atomic E-state index is 0.142. The molecule has 0 saturated carbocycles. The lowest BCUT2D eigenvalue weighted by Crippen LogP contribution is -2.38. The third kappa shape index (κ3) is 4.49. The van der Waals surface area contributed by atoms with Gasteiger partial charge in [-0.2, -0.15) is 0 Å². The second-order valence-electron chi connectivity index (χ2n) is 8.36. The number of hydrogen-bond donors (Lipinski definition) is 3. The maximum atomic E-state index is 6.16. The topological polar surface area (TPSA) is 102 Å². The van der Waals surface area contributed by atoms with Gasteiger partial charge >= 0.3 is 0 Å². The number of nitrogens with one attached hydrogen (secondary N) is 2. The number of anilines is 1. The molecule has 1 aliphatic rings. The number of benzene rings is 2. The van der Waals surface area contributed by atoms with Gasteiger partial charge in [0.25, 0.3) is 0 Å². The van der Waals surface area contributed by atoms with Gasteiger partial charge in [0.05, 0.1) is 12.7 Å². The first-order chi connectivity index (χ1) is 15.8. The van der Waals surface area contributed by atoms with E-state index in [0.29, 0.717) is 17.5 Å². The van der Waals surface area contributed by atoms with Crippen molar-refractivity contribution in [1.82, 2.24) is 25.7 Å². The minimum absolute atomic E-state index is 0.142. The summed E-state index contributed by atoms with van der Waals surface area (Å²) in [4.78, 5) is 4.32. The molecule has 3 heterocycles. The van der Waals surface area contributed by atoms with Crippen LogP contribution in [0.4, 0.5) is 5.82 Å². The smallest absolute Gasteiger partial charge is 0.178 e. The van der Waals surface area contributed by atoms with Gasteiger partial charge in [0, 0.05) is 12.0 Å². The van der Waals surface area contributed by atoms with Crippen LogP contribution in [0.3, 0.4) is 0 Å². The molecule has 2 aromatic heterocycles. The van der Waals surface area contributed by atoms with Crippen LogP contribution in [0.15, 0.2) is 66.7 Å². The Labute approximate surface area is 187 Å². The zero-order chi connectivity index (χ0) is 21.8. The molecule has 0 radical (unpaired) electrons. The zero-order valence-corrected chi connectivity index (χ0v) is 17.9. The molecular formula is C25H28N6O. The summed E-state index contributed by atoms with van der Waals surface area (Å²) in [6.07, 6.45) is 3.25. The van der Waals surface area contributed by atoms with E-state index in [0.717, 1.165) is 43.5 Å². The van der Waals surface area contributed by atoms with Crippen LogP contribution in [0.25, 0.3) is 11.2 Å². The lowest BCUT2D eigenvalue weighted by atomic mass is 9.88. The van der Waals surface area contributed by atoms with Crippen LogP contribution >= 0.6 is 0 Å². The highest BCUT2D eigenvalue weighted by Gasteiger charge is 2.24. The molecule has 4 aromatic rings. The Morgan fingerprint density at radius 1 is 1.06 bits per heavy atom. The highest BCUT2D eigenvalue weighted by atomic mass is 16.5. The number of nitrogen functional groups attached to an aromatic ring is 1. The Kier molecular flexibility index (Phi) is 6.09. The highest BCUT2D eigenvalue weighted by molar-refractivity contribution is 5.77. The predicted molar refractivity (Wildman–Crippen MR) is 125 cm³/mol. The maximum Gasteiger partial charge on any atom is 0.178 e. The number of ether oxygens (including phenoxy) is 1. The predicted octanol–water partition coefficient (Wildman–Crippen LogP) is 3.97. The number of pyridine rings is 1. The fraction of sp³-hybridized carbons (Fsp3) is 0.320. The summed E-state index contributed by atoms with van der Waals surface area (Å²) in [5.74, 6) is 0.614. The summed E-state index contributed by atoms with van der Waals surface area (Å²) in [7, 11) is 0. The van der Waals surface area contributed by atoms with Gasteiger partial charge in [0.2, 0.25) is 0 Å². The molecule has 0 bridgehead atoms. The summed E-state index contributed by atoms with van der Waals surface area (Å²) < 4.78 is 6.16. The van der Waals surface area contributed by atoms with E-state index in [-0.39, 0.29) is 12.0 Å². The first-order valence-corrected chi connectivity index (χ1v) is 11.2. The average Bonchev–Trinajstić information content (AvgIpc) is 3.31. The van der Waals surface area contributed by atoms with Gasteiger partial charge in [-0.05, 0) is 48.6 Å². The molecular weight excluding hydrogens is 400 g/mol. The molecule has 1 saturated heterocycles. The van der Waals surface area contributed by atoms with E-state index < -0.39 is 0 Å². The quantitative estimate of drug-likeness (QED) is 0.412. The molecule has 2 aromatic carbocycles. The summed E-state index contributed by atoms with van der Waals surface area (Å²) >= 11 is 0. The highest BCUT2D eigenvalue weighted by Crippen LogP contribution is 2.33. The fourth-order valence-corrected chi connectivity index (χ4v) is 4.61. The third-order valence-corrected chi connectivity index (χ3v) is 6.24. The van der Waals surface area contributed by atoms with E-state index in [1.807, 2.05) is 18.2 Å². The minimum Gasteiger partial charge on any atom is -0.384 e. The number of rotatable bonds is 7. The van der Waals surface area contributed by atoms with Gasteiger partial charge < -0.3 is 15.8 Å². The average molecular weight is 429 g/mol. The van der Waals surface area contributed by atoms with E-state index in [1.54, 1.807) is 0 Å². The van der Waals surface area contributed by atoms with Crippen LogP contribution in [0.1, 0.15) is 48.0 Å². The fourth-order valence-electron chi connectivity index (χ4n) is 4.61. The molecule has 0 amide bonds. The van der Waals surface area contributed by atoms with Gasteiger partial charge in [-0.15, -0.1) is 5.10 Å². The second kappa shape index (κ2) is 9.46. The molecule has 3 atom stereocenters. The van der Waals surface area contributed by atoms with Crippen LogP contribution in [-0.4, -0.2) is 39.6 Å². The van der Waals surface area contributed by atoms with E-state index >= 15 is 0 Å². The van der Waals surface area contributed by atoms with E-state index in [9.17, 15) is 0 Å². The number of fused-ring (bicyclic) bond motifs is 1. The van der Waals surface area contributed by atoms with Crippen molar-refractivity contribution in [3.8, 4) is 0 Å². The molecule has 4 N–H and O–H groups in total. The van der Waals surface area contributed by atoms with Gasteiger partial charge in [-0.3, -0.25) is 0 Å². The first-order valence-electron chi connectivity index (χ1n) is 11.2. The molecule has 0 spiro atoms. The largest absolute Gasteiger partial charge is 0.384 e. The lowest BCUT2D eigenvalue weighted by molar-refractivity contribution is -0.00398. The van der Waals surface area contributed by atoms with Crippen LogP contribution in [0, 0.1) is 0 Å². The van der Waals surface area contributed by atoms with Gasteiger partial charge in [-0.1, -0.05) is 65.9 Å². The Balaban J connectivity index is 1.26. The Morgan fingerprint density at radius 3 is 2.59 bits per heavy atom. The monoisotopic (exact) mass is 428 g/mol. The molecule has 32 heavy (non-hydrogen) atoms. The van der Waals surface area contributed by atoms with Crippen molar-refractivity contribution in [1.29, 1.82) is 0 Å². The van der Waals surface area contributed by atoms with E-state index in [4.69, 9.17) is 10.5 Å². The number of nitrogens with two attached hydrogens (primary N) is 1. The van der Waals surface area contributed by atoms with Crippen LogP contribution < -0.4 is 11.1 Å². The van der Waals surface area contributed by atoms with Crippen LogP contribution in [0.2, 0.25) is 0 Å². The van der Waals surface area contributed by atoms with Crippen molar-refractivity contribution in [2.45, 2.75) is 37.3 Å². The van der Waals surface area contributed by atoms with E-state index in [1.165, 1.54) is 11.1 Å². The normalized spacial score (nSPS) is 19.8. The number of aromatic nitrogens is 4. The lowest BCUT2D eigenvalue weighted by Gasteiger charge is -2.30. The number of hydrogen-bond acceptors (Lipinski definition) is 6. The SMILES string of the molecule is Nc1cc(C(CCN[C@H]2CC[C@@H](c3ccccc3)OC2)c2ccccc2)c2nn[nH]c2n1. The second-order valence-corrected chi connectivity index (χ2v) is 8.36. The Bertz CT molecular complexity index is 1140. The summed E-state index contributed by atoms with van der Waals surface area (Å²) in [6, 6.07) is 23.3. The number of aromatic amines is 1. The molecule has 1 aliphatic heterocycles. The number of H-pyrrole nitrogens is 1. The molecule has 7 nitrogen and oxygen atoms in total. The van der Waals surface area contributed by atoms with Gasteiger partial charge in [0.15, 0.2) is 5.65 Å². The Morgan fingerprint density at radius 2 is 1.84 bits per heavy atom. The number of nitrogens with zero attached hydrogens (tertiary/aromatic N) is 3. The van der Waals surface area contributed by atoms with Crippen molar-refractivity contribution >= 4 is 17.0 Å². The van der Waals surface area contributed by atoms with Gasteiger partial charge in [-0.25, -0.2) is 10.1 Å². The van der Waals surface area contributed by atoms with Crippen molar-refractivity contribution in [2.24, 2.45) is 0 Å². The summed E-state index contributed by atoms with van der Waals surface area (Å²) in [6.45, 7) is 1.59. The maximum absolute atomic E-state index is 6.16. The summed E-state index contributed by atoms with van der Waals surface area (Å²) in [5, 5.41) is 14.8. The van der Waals surface area contributed by atoms with Crippen LogP contribution in [-0.2, 0) is 4.74 Å².